The summed E-state index contributed by atoms with van der Waals surface area (Å²) in [7, 11) is 2.05. The van der Waals surface area contributed by atoms with E-state index in [2.05, 4.69) is 16.9 Å². The molecule has 0 radical (unpaired) electrons. The molecule has 1 aliphatic heterocycles. The molecule has 162 valence electrons. The lowest BCUT2D eigenvalue weighted by atomic mass is 10.0. The third-order valence-corrected chi connectivity index (χ3v) is 5.37. The maximum Gasteiger partial charge on any atom is 0.290 e. The van der Waals surface area contributed by atoms with Crippen LogP contribution < -0.4 is 5.56 Å². The second-order valence-corrected chi connectivity index (χ2v) is 7.47. The molecule has 2 N–H and O–H groups in total. The highest BCUT2D eigenvalue weighted by Crippen LogP contribution is 2.24. The van der Waals surface area contributed by atoms with Crippen LogP contribution in [0.25, 0.3) is 22.0 Å². The van der Waals surface area contributed by atoms with Crippen LogP contribution in [0.2, 0.25) is 0 Å². The Balaban J connectivity index is 0.000000858. The standard InChI is InChI=1S/C22H22FN3O2.CH2O2/c1-14-11-17(23)12-19-18(14)13-20(24-21(19)27)15-3-5-16(6-4-15)22(28)26-9-7-25(2)8-10-26;2-1-3/h3-6,11-13H,7-10H2,1-2H3,(H,24,27);1H,(H,2,3). The van der Waals surface area contributed by atoms with Gasteiger partial charge >= 0.3 is 0 Å². The molecule has 8 heteroatoms. The molecule has 1 amide bonds. The van der Waals surface area contributed by atoms with E-state index in [-0.39, 0.29) is 17.9 Å². The van der Waals surface area contributed by atoms with E-state index in [9.17, 15) is 14.0 Å². The molecular weight excluding hydrogens is 401 g/mol. The van der Waals surface area contributed by atoms with Gasteiger partial charge in [-0.1, -0.05) is 12.1 Å². The van der Waals surface area contributed by atoms with Gasteiger partial charge in [0.05, 0.1) is 5.39 Å². The Labute approximate surface area is 178 Å². The van der Waals surface area contributed by atoms with Gasteiger partial charge in [0.1, 0.15) is 5.82 Å². The molecule has 0 spiro atoms. The number of carbonyl (C=O) groups excluding carboxylic acids is 1. The molecule has 3 aromatic rings. The van der Waals surface area contributed by atoms with Crippen LogP contribution in [0.3, 0.4) is 0 Å². The number of aromatic nitrogens is 1. The van der Waals surface area contributed by atoms with Gasteiger partial charge in [-0.25, -0.2) is 4.39 Å². The van der Waals surface area contributed by atoms with Crippen molar-refractivity contribution in [3.63, 3.8) is 0 Å². The van der Waals surface area contributed by atoms with Crippen LogP contribution >= 0.6 is 0 Å². The number of nitrogens with zero attached hydrogens (tertiary/aromatic N) is 2. The van der Waals surface area contributed by atoms with Crippen molar-refractivity contribution in [2.75, 3.05) is 33.2 Å². The van der Waals surface area contributed by atoms with Crippen LogP contribution in [0, 0.1) is 12.7 Å². The lowest BCUT2D eigenvalue weighted by Crippen LogP contribution is -2.47. The number of likely N-dealkylation sites (N-methyl/N-ethyl adjacent to an activating group) is 1. The second kappa shape index (κ2) is 9.53. The van der Waals surface area contributed by atoms with Gasteiger partial charge in [0, 0.05) is 37.4 Å². The third-order valence-electron chi connectivity index (χ3n) is 5.37. The number of rotatable bonds is 2. The maximum atomic E-state index is 13.6. The normalized spacial score (nSPS) is 14.1. The number of amides is 1. The van der Waals surface area contributed by atoms with E-state index in [1.54, 1.807) is 19.1 Å². The largest absolute Gasteiger partial charge is 0.483 e. The fraction of sp³-hybridized carbons (Fsp3) is 0.261. The van der Waals surface area contributed by atoms with Crippen molar-refractivity contribution < 1.29 is 19.1 Å². The Kier molecular flexibility index (Phi) is 6.81. The number of nitrogens with one attached hydrogen (secondary N) is 1. The predicted octanol–water partition coefficient (Wildman–Crippen LogP) is 2.73. The first-order valence-electron chi connectivity index (χ1n) is 9.83. The van der Waals surface area contributed by atoms with Crippen LogP contribution in [0.15, 0.2) is 47.3 Å². The van der Waals surface area contributed by atoms with Gasteiger partial charge < -0.3 is 19.9 Å². The minimum absolute atomic E-state index is 0.0259. The summed E-state index contributed by atoms with van der Waals surface area (Å²) >= 11 is 0. The highest BCUT2D eigenvalue weighted by Gasteiger charge is 2.20. The van der Waals surface area contributed by atoms with Crippen molar-refractivity contribution >= 4 is 23.2 Å². The van der Waals surface area contributed by atoms with Gasteiger partial charge in [-0.05, 0) is 60.8 Å². The van der Waals surface area contributed by atoms with E-state index in [4.69, 9.17) is 9.90 Å². The second-order valence-electron chi connectivity index (χ2n) is 7.47. The summed E-state index contributed by atoms with van der Waals surface area (Å²) in [6, 6.07) is 11.8. The molecule has 31 heavy (non-hydrogen) atoms. The van der Waals surface area contributed by atoms with E-state index in [0.29, 0.717) is 22.2 Å². The van der Waals surface area contributed by atoms with Gasteiger partial charge in [0.25, 0.3) is 17.9 Å². The van der Waals surface area contributed by atoms with Crippen molar-refractivity contribution in [2.45, 2.75) is 6.92 Å². The number of benzene rings is 2. The Morgan fingerprint density at radius 1 is 1.06 bits per heavy atom. The fourth-order valence-electron chi connectivity index (χ4n) is 3.64. The first kappa shape index (κ1) is 22.2. The van der Waals surface area contributed by atoms with Gasteiger partial charge in [0.2, 0.25) is 0 Å². The van der Waals surface area contributed by atoms with Crippen molar-refractivity contribution in [1.29, 1.82) is 0 Å². The van der Waals surface area contributed by atoms with Crippen LogP contribution in [0.1, 0.15) is 15.9 Å². The van der Waals surface area contributed by atoms with Gasteiger partial charge in [-0.3, -0.25) is 14.4 Å². The molecule has 2 aromatic carbocycles. The molecule has 0 saturated carbocycles. The summed E-state index contributed by atoms with van der Waals surface area (Å²) in [4.78, 5) is 40.3. The molecule has 1 aliphatic rings. The molecular formula is C23H24FN3O4. The first-order chi connectivity index (χ1) is 14.8. The molecule has 1 saturated heterocycles. The molecule has 0 atom stereocenters. The quantitative estimate of drug-likeness (QED) is 0.616. The minimum atomic E-state index is -0.421. The predicted molar refractivity (Wildman–Crippen MR) is 117 cm³/mol. The summed E-state index contributed by atoms with van der Waals surface area (Å²) in [5.41, 5.74) is 2.47. The molecule has 0 bridgehead atoms. The number of fused-ring (bicyclic) bond motifs is 1. The zero-order chi connectivity index (χ0) is 22.5. The number of halogens is 1. The zero-order valence-electron chi connectivity index (χ0n) is 17.4. The Morgan fingerprint density at radius 3 is 2.29 bits per heavy atom. The lowest BCUT2D eigenvalue weighted by Gasteiger charge is -2.32. The number of carboxylic acid groups (broad SMARTS) is 1. The van der Waals surface area contributed by atoms with Crippen molar-refractivity contribution in [2.24, 2.45) is 0 Å². The summed E-state index contributed by atoms with van der Waals surface area (Å²) in [6.45, 7) is 4.74. The number of hydrogen-bond acceptors (Lipinski definition) is 4. The molecule has 1 aromatic heterocycles. The van der Waals surface area contributed by atoms with E-state index >= 15 is 0 Å². The fourth-order valence-corrected chi connectivity index (χ4v) is 3.64. The smallest absolute Gasteiger partial charge is 0.290 e. The van der Waals surface area contributed by atoms with Gasteiger partial charge in [-0.2, -0.15) is 0 Å². The number of hydrogen-bond donors (Lipinski definition) is 2. The highest BCUT2D eigenvalue weighted by atomic mass is 19.1. The Bertz CT molecular complexity index is 1150. The summed E-state index contributed by atoms with van der Waals surface area (Å²) < 4.78 is 13.6. The van der Waals surface area contributed by atoms with E-state index < -0.39 is 5.82 Å². The number of aryl methyl sites for hydroxylation is 1. The van der Waals surface area contributed by atoms with E-state index in [0.717, 1.165) is 37.1 Å². The monoisotopic (exact) mass is 425 g/mol. The number of H-pyrrole nitrogens is 1. The highest BCUT2D eigenvalue weighted by molar-refractivity contribution is 5.95. The molecule has 7 nitrogen and oxygen atoms in total. The third kappa shape index (κ3) is 4.97. The molecule has 0 aliphatic carbocycles. The summed E-state index contributed by atoms with van der Waals surface area (Å²) in [5, 5.41) is 7.95. The molecule has 1 fully saturated rings. The Hall–Kier alpha value is -3.52. The molecule has 4 rings (SSSR count). The average molecular weight is 425 g/mol. The topological polar surface area (TPSA) is 93.7 Å². The number of aromatic amines is 1. The van der Waals surface area contributed by atoms with Crippen molar-refractivity contribution in [1.82, 2.24) is 14.8 Å². The van der Waals surface area contributed by atoms with Gasteiger partial charge in [0.15, 0.2) is 0 Å². The number of pyridine rings is 1. The SMILES string of the molecule is Cc1cc(F)cc2c(=O)[nH]c(-c3ccc(C(=O)N4CCN(C)CC4)cc3)cc12.O=CO. The van der Waals surface area contributed by atoms with E-state index in [1.807, 2.05) is 23.1 Å². The first-order valence-corrected chi connectivity index (χ1v) is 9.83. The van der Waals surface area contributed by atoms with Crippen LogP contribution in [-0.4, -0.2) is 65.5 Å². The zero-order valence-corrected chi connectivity index (χ0v) is 17.4. The Morgan fingerprint density at radius 2 is 1.68 bits per heavy atom. The number of carbonyl (C=O) groups is 2. The molecule has 2 heterocycles. The van der Waals surface area contributed by atoms with Crippen molar-refractivity contribution in [3.05, 3.63) is 69.8 Å². The minimum Gasteiger partial charge on any atom is -0.483 e. The average Bonchev–Trinajstić information content (AvgIpc) is 2.75. The molecule has 0 unspecified atom stereocenters. The summed E-state index contributed by atoms with van der Waals surface area (Å²) in [6.07, 6.45) is 0. The van der Waals surface area contributed by atoms with Crippen LogP contribution in [0.5, 0.6) is 0 Å². The van der Waals surface area contributed by atoms with Crippen molar-refractivity contribution in [3.8, 4) is 11.3 Å². The lowest BCUT2D eigenvalue weighted by molar-refractivity contribution is -0.122. The van der Waals surface area contributed by atoms with E-state index in [1.165, 1.54) is 12.1 Å². The van der Waals surface area contributed by atoms with Crippen LogP contribution in [-0.2, 0) is 4.79 Å². The summed E-state index contributed by atoms with van der Waals surface area (Å²) in [5.74, 6) is -0.395. The maximum absolute atomic E-state index is 13.6. The number of piperazine rings is 1. The van der Waals surface area contributed by atoms with Crippen LogP contribution in [0.4, 0.5) is 4.39 Å². The van der Waals surface area contributed by atoms with Gasteiger partial charge in [-0.15, -0.1) is 0 Å².